The molecule has 1 aromatic carbocycles. The second-order valence-electron chi connectivity index (χ2n) is 5.49. The molecule has 8 nitrogen and oxygen atoms in total. The number of aryl methyl sites for hydroxylation is 1. The molecular weight excluding hydrogens is 298 g/mol. The van der Waals surface area contributed by atoms with Crippen molar-refractivity contribution in [2.45, 2.75) is 25.3 Å². The van der Waals surface area contributed by atoms with Crippen LogP contribution in [0.5, 0.6) is 0 Å². The zero-order chi connectivity index (χ0) is 16.4. The average Bonchev–Trinajstić information content (AvgIpc) is 2.90. The second-order valence-corrected chi connectivity index (χ2v) is 5.49. The predicted octanol–water partition coefficient (Wildman–Crippen LogP) is 2.53. The molecule has 0 unspecified atom stereocenters. The number of nitrogens with zero attached hydrogens (tertiary/aromatic N) is 3. The number of aromatic nitrogens is 2. The van der Waals surface area contributed by atoms with Crippen LogP contribution < -0.4 is 10.6 Å². The van der Waals surface area contributed by atoms with Gasteiger partial charge < -0.3 is 10.6 Å². The molecule has 0 radical (unpaired) electrons. The third-order valence-electron chi connectivity index (χ3n) is 4.03. The maximum atomic E-state index is 12.2. The largest absolute Gasteiger partial charge is 0.331 e. The Bertz CT molecular complexity index is 755. The smallest absolute Gasteiger partial charge is 0.319 e. The van der Waals surface area contributed by atoms with Gasteiger partial charge in [-0.25, -0.2) is 4.79 Å². The minimum Gasteiger partial charge on any atom is -0.331 e. The van der Waals surface area contributed by atoms with Gasteiger partial charge in [-0.1, -0.05) is 12.1 Å². The molecule has 120 valence electrons. The molecule has 2 N–H and O–H groups in total. The summed E-state index contributed by atoms with van der Waals surface area (Å²) >= 11 is 0. The second kappa shape index (κ2) is 6.07. The summed E-state index contributed by atoms with van der Waals surface area (Å²) in [7, 11) is 1.88. The Labute approximate surface area is 132 Å². The van der Waals surface area contributed by atoms with Gasteiger partial charge in [-0.05, 0) is 25.3 Å². The van der Waals surface area contributed by atoms with Crippen LogP contribution in [0.3, 0.4) is 0 Å². The number of urea groups is 1. The Morgan fingerprint density at radius 3 is 3.00 bits per heavy atom. The lowest BCUT2D eigenvalue weighted by Gasteiger charge is -2.23. The fourth-order valence-corrected chi connectivity index (χ4v) is 2.91. The lowest BCUT2D eigenvalue weighted by molar-refractivity contribution is -0.383. The highest BCUT2D eigenvalue weighted by atomic mass is 16.6. The molecular formula is C15H17N5O3. The van der Waals surface area contributed by atoms with Crippen LogP contribution in [0.1, 0.15) is 30.1 Å². The highest BCUT2D eigenvalue weighted by Crippen LogP contribution is 2.29. The van der Waals surface area contributed by atoms with Crippen LogP contribution >= 0.6 is 0 Å². The van der Waals surface area contributed by atoms with Gasteiger partial charge >= 0.3 is 6.03 Å². The summed E-state index contributed by atoms with van der Waals surface area (Å²) in [5.41, 5.74) is 2.18. The average molecular weight is 315 g/mol. The predicted molar refractivity (Wildman–Crippen MR) is 84.1 cm³/mol. The lowest BCUT2D eigenvalue weighted by atomic mass is 9.93. The normalized spacial score (nSPS) is 16.5. The first-order chi connectivity index (χ1) is 11.1. The van der Waals surface area contributed by atoms with E-state index in [1.54, 1.807) is 18.3 Å². The van der Waals surface area contributed by atoms with E-state index in [1.165, 1.54) is 12.1 Å². The van der Waals surface area contributed by atoms with Crippen LogP contribution in [0, 0.1) is 10.1 Å². The van der Waals surface area contributed by atoms with Crippen LogP contribution in [-0.4, -0.2) is 20.7 Å². The highest BCUT2D eigenvalue weighted by molar-refractivity contribution is 5.92. The van der Waals surface area contributed by atoms with Crippen LogP contribution in [0.15, 0.2) is 30.5 Å². The van der Waals surface area contributed by atoms with Gasteiger partial charge in [0.25, 0.3) is 5.69 Å². The molecule has 23 heavy (non-hydrogen) atoms. The third-order valence-corrected chi connectivity index (χ3v) is 4.03. The third kappa shape index (κ3) is 3.01. The molecule has 1 aliphatic carbocycles. The van der Waals surface area contributed by atoms with E-state index in [-0.39, 0.29) is 17.4 Å². The molecule has 0 aliphatic heterocycles. The Kier molecular flexibility index (Phi) is 3.96. The monoisotopic (exact) mass is 315 g/mol. The fraction of sp³-hybridized carbons (Fsp3) is 0.333. The molecule has 1 aromatic heterocycles. The molecule has 2 amide bonds. The minimum absolute atomic E-state index is 0.129. The molecule has 3 rings (SSSR count). The van der Waals surface area contributed by atoms with Crippen LogP contribution in [0.25, 0.3) is 0 Å². The Morgan fingerprint density at radius 1 is 1.43 bits per heavy atom. The molecule has 0 saturated carbocycles. The Morgan fingerprint density at radius 2 is 2.22 bits per heavy atom. The molecule has 0 bridgehead atoms. The van der Waals surface area contributed by atoms with Crippen molar-refractivity contribution in [1.29, 1.82) is 0 Å². The van der Waals surface area contributed by atoms with Gasteiger partial charge in [-0.2, -0.15) is 5.10 Å². The number of hydrogen-bond acceptors (Lipinski definition) is 4. The number of anilines is 1. The van der Waals surface area contributed by atoms with E-state index in [2.05, 4.69) is 15.7 Å². The van der Waals surface area contributed by atoms with Crippen molar-refractivity contribution < 1.29 is 9.72 Å². The first-order valence-electron chi connectivity index (χ1n) is 7.38. The van der Waals surface area contributed by atoms with E-state index in [1.807, 2.05) is 11.7 Å². The number of nitro benzene ring substituents is 1. The van der Waals surface area contributed by atoms with Gasteiger partial charge in [-0.15, -0.1) is 0 Å². The molecule has 1 aliphatic rings. The first kappa shape index (κ1) is 15.0. The van der Waals surface area contributed by atoms with Gasteiger partial charge in [0, 0.05) is 24.4 Å². The lowest BCUT2D eigenvalue weighted by Crippen LogP contribution is -2.34. The topological polar surface area (TPSA) is 102 Å². The van der Waals surface area contributed by atoms with Crippen molar-refractivity contribution in [3.05, 3.63) is 51.8 Å². The zero-order valence-electron chi connectivity index (χ0n) is 12.7. The number of nitro groups is 1. The van der Waals surface area contributed by atoms with Gasteiger partial charge in [0.05, 0.1) is 17.2 Å². The first-order valence-corrected chi connectivity index (χ1v) is 7.38. The molecule has 0 spiro atoms. The standard InChI is InChI=1S/C15H17N5O3/c1-19-13-8-4-6-11(10(13)9-16-19)17-15(21)18-12-5-2-3-7-14(12)20(22)23/h2-3,5,7,9,11H,4,6,8H2,1H3,(H2,17,18,21)/t11-/m1/s1. The number of amides is 2. The number of para-hydroxylation sites is 2. The number of hydrogen-bond donors (Lipinski definition) is 2. The van der Waals surface area contributed by atoms with E-state index < -0.39 is 11.0 Å². The van der Waals surface area contributed by atoms with Gasteiger partial charge in [0.1, 0.15) is 5.69 Å². The SMILES string of the molecule is Cn1ncc2c1CCC[C@H]2NC(=O)Nc1ccccc1[N+](=O)[O-]. The number of nitrogens with one attached hydrogen (secondary N) is 2. The number of carbonyl (C=O) groups excluding carboxylic acids is 1. The maximum absolute atomic E-state index is 12.2. The summed E-state index contributed by atoms with van der Waals surface area (Å²) in [4.78, 5) is 22.7. The molecule has 1 atom stereocenters. The van der Waals surface area contributed by atoms with Crippen molar-refractivity contribution in [2.75, 3.05) is 5.32 Å². The fourth-order valence-electron chi connectivity index (χ4n) is 2.91. The van der Waals surface area contributed by atoms with Crippen LogP contribution in [0.4, 0.5) is 16.2 Å². The van der Waals surface area contributed by atoms with Gasteiger partial charge in [0.15, 0.2) is 0 Å². The summed E-state index contributed by atoms with van der Waals surface area (Å²) in [6.45, 7) is 0. The summed E-state index contributed by atoms with van der Waals surface area (Å²) < 4.78 is 1.82. The van der Waals surface area contributed by atoms with Gasteiger partial charge in [0.2, 0.25) is 0 Å². The number of benzene rings is 1. The molecule has 8 heteroatoms. The number of fused-ring (bicyclic) bond motifs is 1. The molecule has 1 heterocycles. The zero-order valence-corrected chi connectivity index (χ0v) is 12.7. The van der Waals surface area contributed by atoms with E-state index in [0.29, 0.717) is 0 Å². The van der Waals surface area contributed by atoms with Crippen molar-refractivity contribution >= 4 is 17.4 Å². The van der Waals surface area contributed by atoms with Crippen LogP contribution in [0.2, 0.25) is 0 Å². The summed E-state index contributed by atoms with van der Waals surface area (Å²) in [5, 5.41) is 20.7. The Balaban J connectivity index is 1.73. The Hall–Kier alpha value is -2.90. The van der Waals surface area contributed by atoms with E-state index in [9.17, 15) is 14.9 Å². The van der Waals surface area contributed by atoms with E-state index in [4.69, 9.17) is 0 Å². The van der Waals surface area contributed by atoms with Crippen molar-refractivity contribution in [1.82, 2.24) is 15.1 Å². The highest BCUT2D eigenvalue weighted by Gasteiger charge is 2.25. The molecule has 2 aromatic rings. The quantitative estimate of drug-likeness (QED) is 0.671. The minimum atomic E-state index is -0.518. The van der Waals surface area contributed by atoms with E-state index in [0.717, 1.165) is 30.5 Å². The van der Waals surface area contributed by atoms with Crippen LogP contribution in [-0.2, 0) is 13.5 Å². The summed E-state index contributed by atoms with van der Waals surface area (Å²) in [6.07, 6.45) is 4.49. The summed E-state index contributed by atoms with van der Waals surface area (Å²) in [5.74, 6) is 0. The van der Waals surface area contributed by atoms with Crippen molar-refractivity contribution in [3.8, 4) is 0 Å². The number of rotatable bonds is 3. The van der Waals surface area contributed by atoms with E-state index >= 15 is 0 Å². The maximum Gasteiger partial charge on any atom is 0.319 e. The van der Waals surface area contributed by atoms with Gasteiger partial charge in [-0.3, -0.25) is 14.8 Å². The number of carbonyl (C=O) groups is 1. The molecule has 0 saturated heterocycles. The van der Waals surface area contributed by atoms with Crippen molar-refractivity contribution in [2.24, 2.45) is 7.05 Å². The summed E-state index contributed by atoms with van der Waals surface area (Å²) in [6, 6.07) is 5.48. The molecule has 0 fully saturated rings. The van der Waals surface area contributed by atoms with Crippen molar-refractivity contribution in [3.63, 3.8) is 0 Å².